The molecule has 1 heterocycles. The summed E-state index contributed by atoms with van der Waals surface area (Å²) in [5, 5.41) is 7.56. The minimum Gasteiger partial charge on any atom is -0.384 e. The molecule has 0 bridgehead atoms. The zero-order valence-corrected chi connectivity index (χ0v) is 10.4. The van der Waals surface area contributed by atoms with Crippen LogP contribution in [0, 0.1) is 5.41 Å². The molecular weight excluding hydrogens is 232 g/mol. The smallest absolute Gasteiger partial charge is 0.124 e. The topological polar surface area (TPSA) is 66.0 Å². The second kappa shape index (κ2) is 4.97. The summed E-state index contributed by atoms with van der Waals surface area (Å²) in [5.74, 6) is 0.0942. The zero-order valence-electron chi connectivity index (χ0n) is 9.55. The van der Waals surface area contributed by atoms with Gasteiger partial charge in [0.2, 0.25) is 0 Å². The van der Waals surface area contributed by atoms with Gasteiger partial charge in [-0.05, 0) is 12.1 Å². The van der Waals surface area contributed by atoms with Crippen molar-refractivity contribution in [1.29, 1.82) is 5.41 Å². The highest BCUT2D eigenvalue weighted by atomic mass is 32.1. The van der Waals surface area contributed by atoms with E-state index in [1.54, 1.807) is 11.3 Å². The number of anilines is 1. The first-order chi connectivity index (χ1) is 8.18. The van der Waals surface area contributed by atoms with E-state index in [0.717, 1.165) is 17.8 Å². The molecule has 0 atom stereocenters. The molecule has 4 nitrogen and oxygen atoms in total. The molecule has 17 heavy (non-hydrogen) atoms. The fourth-order valence-electron chi connectivity index (χ4n) is 1.67. The first-order valence-corrected chi connectivity index (χ1v) is 6.08. The molecule has 2 aromatic rings. The molecule has 0 spiro atoms. The van der Waals surface area contributed by atoms with Crippen LogP contribution in [0.2, 0.25) is 0 Å². The van der Waals surface area contributed by atoms with Crippen molar-refractivity contribution in [3.05, 3.63) is 46.4 Å². The number of hydrogen-bond donors (Lipinski definition) is 2. The number of thiazole rings is 1. The molecule has 1 aromatic heterocycles. The number of rotatable bonds is 4. The van der Waals surface area contributed by atoms with Crippen LogP contribution in [0.15, 0.2) is 36.0 Å². The third-order valence-electron chi connectivity index (χ3n) is 2.48. The van der Waals surface area contributed by atoms with E-state index in [2.05, 4.69) is 9.88 Å². The van der Waals surface area contributed by atoms with Crippen LogP contribution in [-0.2, 0) is 6.54 Å². The summed E-state index contributed by atoms with van der Waals surface area (Å²) in [6, 6.07) is 7.67. The molecule has 88 valence electrons. The second-order valence-electron chi connectivity index (χ2n) is 3.75. The molecule has 0 radical (unpaired) electrons. The van der Waals surface area contributed by atoms with E-state index in [9.17, 15) is 0 Å². The third kappa shape index (κ3) is 2.62. The molecule has 0 saturated carbocycles. The van der Waals surface area contributed by atoms with Gasteiger partial charge in [0, 0.05) is 29.4 Å². The number of para-hydroxylation sites is 1. The Kier molecular flexibility index (Phi) is 3.39. The Labute approximate surface area is 104 Å². The van der Waals surface area contributed by atoms with Crippen molar-refractivity contribution in [2.45, 2.75) is 6.54 Å². The minimum absolute atomic E-state index is 0.0942. The number of aromatic nitrogens is 1. The Morgan fingerprint density at radius 3 is 2.88 bits per heavy atom. The normalized spacial score (nSPS) is 10.2. The molecule has 0 saturated heterocycles. The molecule has 3 N–H and O–H groups in total. The van der Waals surface area contributed by atoms with Crippen molar-refractivity contribution in [2.75, 3.05) is 11.9 Å². The molecule has 0 amide bonds. The van der Waals surface area contributed by atoms with E-state index in [0.29, 0.717) is 0 Å². The monoisotopic (exact) mass is 246 g/mol. The van der Waals surface area contributed by atoms with Crippen LogP contribution in [-0.4, -0.2) is 17.9 Å². The molecule has 0 fully saturated rings. The summed E-state index contributed by atoms with van der Waals surface area (Å²) in [6.07, 6.45) is 1.86. The van der Waals surface area contributed by atoms with Gasteiger partial charge in [0.05, 0.1) is 12.1 Å². The summed E-state index contributed by atoms with van der Waals surface area (Å²) in [7, 11) is 1.99. The van der Waals surface area contributed by atoms with Gasteiger partial charge in [-0.2, -0.15) is 0 Å². The molecule has 5 heteroatoms. The summed E-state index contributed by atoms with van der Waals surface area (Å²) < 4.78 is 0. The molecule has 0 aliphatic carbocycles. The third-order valence-corrected chi connectivity index (χ3v) is 3.25. The van der Waals surface area contributed by atoms with Crippen LogP contribution in [0.1, 0.15) is 10.4 Å². The van der Waals surface area contributed by atoms with Gasteiger partial charge in [0.15, 0.2) is 0 Å². The van der Waals surface area contributed by atoms with Gasteiger partial charge >= 0.3 is 0 Å². The molecule has 0 aliphatic heterocycles. The van der Waals surface area contributed by atoms with Crippen molar-refractivity contribution >= 4 is 22.9 Å². The summed E-state index contributed by atoms with van der Waals surface area (Å²) in [4.78, 5) is 7.31. The Balaban J connectivity index is 2.24. The maximum Gasteiger partial charge on any atom is 0.124 e. The van der Waals surface area contributed by atoms with E-state index in [1.807, 2.05) is 43.0 Å². The van der Waals surface area contributed by atoms with Gasteiger partial charge in [0.25, 0.3) is 0 Å². The fourth-order valence-corrected chi connectivity index (χ4v) is 2.32. The zero-order chi connectivity index (χ0) is 12.3. The molecule has 0 aliphatic rings. The van der Waals surface area contributed by atoms with E-state index in [4.69, 9.17) is 11.1 Å². The van der Waals surface area contributed by atoms with Crippen molar-refractivity contribution in [2.24, 2.45) is 5.73 Å². The van der Waals surface area contributed by atoms with Crippen LogP contribution in [0.5, 0.6) is 0 Å². The average molecular weight is 246 g/mol. The lowest BCUT2D eigenvalue weighted by molar-refractivity contribution is 0.935. The highest BCUT2D eigenvalue weighted by molar-refractivity contribution is 7.09. The Bertz CT molecular complexity index is 507. The van der Waals surface area contributed by atoms with Crippen molar-refractivity contribution < 1.29 is 0 Å². The largest absolute Gasteiger partial charge is 0.384 e. The fraction of sp³-hybridized carbons (Fsp3) is 0.167. The summed E-state index contributed by atoms with van der Waals surface area (Å²) in [6.45, 7) is 0.773. The van der Waals surface area contributed by atoms with Gasteiger partial charge in [-0.25, -0.2) is 0 Å². The van der Waals surface area contributed by atoms with Crippen molar-refractivity contribution in [3.63, 3.8) is 0 Å². The van der Waals surface area contributed by atoms with Gasteiger partial charge in [-0.3, -0.25) is 10.4 Å². The van der Waals surface area contributed by atoms with Crippen molar-refractivity contribution in [3.8, 4) is 0 Å². The van der Waals surface area contributed by atoms with Crippen LogP contribution >= 0.6 is 11.3 Å². The lowest BCUT2D eigenvalue weighted by atomic mass is 10.1. The lowest BCUT2D eigenvalue weighted by Gasteiger charge is -2.21. The first kappa shape index (κ1) is 11.6. The van der Waals surface area contributed by atoms with Gasteiger partial charge in [-0.15, -0.1) is 11.3 Å². The average Bonchev–Trinajstić information content (AvgIpc) is 2.81. The number of nitrogens with two attached hydrogens (primary N) is 1. The number of amidine groups is 1. The Morgan fingerprint density at radius 2 is 2.24 bits per heavy atom. The SMILES string of the molecule is CN(Cc1cncs1)c1ccccc1C(=N)N. The van der Waals surface area contributed by atoms with E-state index < -0.39 is 0 Å². The highest BCUT2D eigenvalue weighted by Gasteiger charge is 2.09. The van der Waals surface area contributed by atoms with Crippen LogP contribution < -0.4 is 10.6 Å². The van der Waals surface area contributed by atoms with E-state index in [-0.39, 0.29) is 5.84 Å². The van der Waals surface area contributed by atoms with Gasteiger partial charge in [-0.1, -0.05) is 12.1 Å². The van der Waals surface area contributed by atoms with Gasteiger partial charge in [0.1, 0.15) is 5.84 Å². The minimum atomic E-state index is 0.0942. The summed E-state index contributed by atoms with van der Waals surface area (Å²) in [5.41, 5.74) is 9.12. The number of nitrogens with one attached hydrogen (secondary N) is 1. The Morgan fingerprint density at radius 1 is 1.47 bits per heavy atom. The van der Waals surface area contributed by atoms with Crippen LogP contribution in [0.4, 0.5) is 5.69 Å². The first-order valence-electron chi connectivity index (χ1n) is 5.20. The lowest BCUT2D eigenvalue weighted by Crippen LogP contribution is -2.21. The molecule has 1 aromatic carbocycles. The van der Waals surface area contributed by atoms with Gasteiger partial charge < -0.3 is 10.6 Å². The molecule has 2 rings (SSSR count). The standard InChI is InChI=1S/C12H14N4S/c1-16(7-9-6-15-8-17-9)11-5-3-2-4-10(11)12(13)14/h2-6,8H,7H2,1H3,(H3,13,14). The number of hydrogen-bond acceptors (Lipinski definition) is 4. The second-order valence-corrected chi connectivity index (χ2v) is 4.73. The maximum absolute atomic E-state index is 7.56. The van der Waals surface area contributed by atoms with E-state index >= 15 is 0 Å². The predicted molar refractivity (Wildman–Crippen MR) is 71.7 cm³/mol. The maximum atomic E-state index is 7.56. The van der Waals surface area contributed by atoms with Crippen LogP contribution in [0.3, 0.4) is 0 Å². The summed E-state index contributed by atoms with van der Waals surface area (Å²) >= 11 is 1.62. The predicted octanol–water partition coefficient (Wildman–Crippen LogP) is 2.06. The van der Waals surface area contributed by atoms with Crippen molar-refractivity contribution in [1.82, 2.24) is 4.98 Å². The molecule has 0 unspecified atom stereocenters. The Hall–Kier alpha value is -1.88. The number of nitrogens with zero attached hydrogens (tertiary/aromatic N) is 2. The van der Waals surface area contributed by atoms with E-state index in [1.165, 1.54) is 4.88 Å². The van der Waals surface area contributed by atoms with Crippen LogP contribution in [0.25, 0.3) is 0 Å². The highest BCUT2D eigenvalue weighted by Crippen LogP contribution is 2.21. The number of nitrogen functional groups attached to an aromatic ring is 1. The quantitative estimate of drug-likeness (QED) is 0.641. The number of benzene rings is 1. The molecular formula is C12H14N4S.